The number of carbonyl (C=O) groups is 1. The predicted octanol–water partition coefficient (Wildman–Crippen LogP) is 0.711. The largest absolute Gasteiger partial charge is 0.358 e. The summed E-state index contributed by atoms with van der Waals surface area (Å²) in [6.45, 7) is 1.43. The molecule has 0 atom stereocenters. The van der Waals surface area contributed by atoms with Gasteiger partial charge in [0.25, 0.3) is 5.88 Å². The number of carbonyl (C=O) groups excluding carboxylic acids is 1. The van der Waals surface area contributed by atoms with E-state index >= 15 is 0 Å². The zero-order valence-electron chi connectivity index (χ0n) is 7.77. The van der Waals surface area contributed by atoms with Crippen molar-refractivity contribution in [3.63, 3.8) is 0 Å². The van der Waals surface area contributed by atoms with Crippen LogP contribution in [0.3, 0.4) is 0 Å². The summed E-state index contributed by atoms with van der Waals surface area (Å²) in [6.07, 6.45) is -0.163. The summed E-state index contributed by atoms with van der Waals surface area (Å²) in [6, 6.07) is 1.20. The Morgan fingerprint density at radius 3 is 2.87 bits per heavy atom. The molecule has 0 unspecified atom stereocenters. The Hall–Kier alpha value is -1.08. The fourth-order valence-electron chi connectivity index (χ4n) is 0.743. The molecular formula is C7H8ClNO5S. The van der Waals surface area contributed by atoms with Crippen LogP contribution >= 0.6 is 11.6 Å². The molecule has 0 aromatic carbocycles. The summed E-state index contributed by atoms with van der Waals surface area (Å²) in [5.41, 5.74) is 0. The van der Waals surface area contributed by atoms with Gasteiger partial charge in [-0.25, -0.2) is 0 Å². The van der Waals surface area contributed by atoms with Crippen LogP contribution in [-0.2, 0) is 21.3 Å². The van der Waals surface area contributed by atoms with Crippen LogP contribution in [0, 0.1) is 0 Å². The summed E-state index contributed by atoms with van der Waals surface area (Å²) < 4.78 is 31.2. The molecule has 0 spiro atoms. The summed E-state index contributed by atoms with van der Waals surface area (Å²) >= 11 is 5.10. The molecule has 0 saturated carbocycles. The highest BCUT2D eigenvalue weighted by atomic mass is 35.5. The fraction of sp³-hybridized carbons (Fsp3) is 0.429. The van der Waals surface area contributed by atoms with Crippen molar-refractivity contribution >= 4 is 27.0 Å². The normalized spacial score (nSPS) is 11.3. The van der Waals surface area contributed by atoms with Gasteiger partial charge in [0, 0.05) is 6.07 Å². The van der Waals surface area contributed by atoms with E-state index in [0.717, 1.165) is 0 Å². The summed E-state index contributed by atoms with van der Waals surface area (Å²) in [5, 5.41) is 2.69. The number of halogens is 1. The van der Waals surface area contributed by atoms with E-state index in [2.05, 4.69) is 13.9 Å². The van der Waals surface area contributed by atoms with Gasteiger partial charge in [-0.1, -0.05) is 0 Å². The Morgan fingerprint density at radius 1 is 1.67 bits per heavy atom. The van der Waals surface area contributed by atoms with E-state index in [0.29, 0.717) is 0 Å². The van der Waals surface area contributed by atoms with Crippen molar-refractivity contribution < 1.29 is 21.9 Å². The van der Waals surface area contributed by atoms with Gasteiger partial charge in [0.15, 0.2) is 0 Å². The Balaban J connectivity index is 2.73. The first-order valence-electron chi connectivity index (χ1n) is 3.99. The predicted molar refractivity (Wildman–Crippen MR) is 51.2 cm³/mol. The minimum atomic E-state index is -3.63. The molecule has 84 valence electrons. The van der Waals surface area contributed by atoms with Gasteiger partial charge in [-0.2, -0.15) is 8.42 Å². The topological polar surface area (TPSA) is 86.5 Å². The van der Waals surface area contributed by atoms with Crippen molar-refractivity contribution in [3.8, 4) is 5.88 Å². The zero-order valence-corrected chi connectivity index (χ0v) is 9.34. The smallest absolute Gasteiger partial charge is 0.310 e. The first-order chi connectivity index (χ1) is 6.93. The van der Waals surface area contributed by atoms with Gasteiger partial charge in [0.05, 0.1) is 12.2 Å². The molecular weight excluding hydrogens is 246 g/mol. The molecule has 0 aliphatic heterocycles. The molecule has 0 fully saturated rings. The minimum Gasteiger partial charge on any atom is -0.358 e. The lowest BCUT2D eigenvalue weighted by Gasteiger charge is -1.97. The van der Waals surface area contributed by atoms with Gasteiger partial charge < -0.3 is 8.71 Å². The van der Waals surface area contributed by atoms with E-state index in [1.54, 1.807) is 0 Å². The molecule has 1 rings (SSSR count). The number of hydrogen-bond acceptors (Lipinski definition) is 6. The van der Waals surface area contributed by atoms with Crippen LogP contribution in [0.1, 0.15) is 12.7 Å². The monoisotopic (exact) mass is 253 g/mol. The summed E-state index contributed by atoms with van der Waals surface area (Å²) in [4.78, 5) is 10.5. The molecule has 6 nitrogen and oxygen atoms in total. The Kier molecular flexibility index (Phi) is 3.70. The van der Waals surface area contributed by atoms with E-state index in [1.807, 2.05) is 0 Å². The highest BCUT2D eigenvalue weighted by Crippen LogP contribution is 2.14. The van der Waals surface area contributed by atoms with Crippen LogP contribution in [0.4, 0.5) is 0 Å². The quantitative estimate of drug-likeness (QED) is 0.567. The molecule has 0 saturated heterocycles. The lowest BCUT2D eigenvalue weighted by Crippen LogP contribution is -2.11. The number of hydrogen-bond donors (Lipinski definition) is 0. The second-order valence-electron chi connectivity index (χ2n) is 2.59. The molecule has 0 amide bonds. The number of rotatable bonds is 5. The summed E-state index contributed by atoms with van der Waals surface area (Å²) in [5.74, 6) is -0.232. The molecule has 0 aliphatic rings. The fourth-order valence-corrected chi connectivity index (χ4v) is 1.33. The van der Waals surface area contributed by atoms with E-state index < -0.39 is 15.4 Å². The van der Waals surface area contributed by atoms with Crippen LogP contribution in [0.5, 0.6) is 5.88 Å². The Labute approximate surface area is 91.3 Å². The van der Waals surface area contributed by atoms with Crippen LogP contribution in [-0.4, -0.2) is 24.6 Å². The van der Waals surface area contributed by atoms with E-state index in [4.69, 9.17) is 11.6 Å². The van der Waals surface area contributed by atoms with Crippen molar-refractivity contribution in [3.05, 3.63) is 11.8 Å². The molecule has 8 heteroatoms. The maximum atomic E-state index is 11.0. The second kappa shape index (κ2) is 4.63. The Bertz CT molecular complexity index is 452. The SMILES string of the molecule is CCS(=O)(=O)Oc1cc(CC(=O)Cl)on1. The van der Waals surface area contributed by atoms with Crippen molar-refractivity contribution in [2.45, 2.75) is 13.3 Å². The molecule has 15 heavy (non-hydrogen) atoms. The van der Waals surface area contributed by atoms with Crippen LogP contribution in [0.25, 0.3) is 0 Å². The molecule has 0 N–H and O–H groups in total. The van der Waals surface area contributed by atoms with Crippen LogP contribution < -0.4 is 4.18 Å². The molecule has 0 bridgehead atoms. The van der Waals surface area contributed by atoms with Crippen LogP contribution in [0.15, 0.2) is 10.6 Å². The summed E-state index contributed by atoms with van der Waals surface area (Å²) in [7, 11) is -3.63. The standard InChI is InChI=1S/C7H8ClNO5S/c1-2-15(11,12)14-7-4-5(13-9-7)3-6(8)10/h4H,2-3H2,1H3. The maximum absolute atomic E-state index is 11.0. The minimum absolute atomic E-state index is 0.149. The van der Waals surface area contributed by atoms with Gasteiger partial charge in [-0.05, 0) is 23.7 Å². The highest BCUT2D eigenvalue weighted by Gasteiger charge is 2.14. The van der Waals surface area contributed by atoms with Gasteiger partial charge in [0.1, 0.15) is 5.76 Å². The third kappa shape index (κ3) is 3.88. The molecule has 1 heterocycles. The second-order valence-corrected chi connectivity index (χ2v) is 4.87. The lowest BCUT2D eigenvalue weighted by atomic mass is 10.3. The lowest BCUT2D eigenvalue weighted by molar-refractivity contribution is -0.111. The van der Waals surface area contributed by atoms with E-state index in [1.165, 1.54) is 13.0 Å². The van der Waals surface area contributed by atoms with Gasteiger partial charge in [-0.15, -0.1) is 0 Å². The molecule has 1 aromatic rings. The van der Waals surface area contributed by atoms with E-state index in [-0.39, 0.29) is 23.8 Å². The van der Waals surface area contributed by atoms with Gasteiger partial charge >= 0.3 is 10.1 Å². The average molecular weight is 254 g/mol. The van der Waals surface area contributed by atoms with Gasteiger partial charge in [-0.3, -0.25) is 4.79 Å². The Morgan fingerprint density at radius 2 is 2.33 bits per heavy atom. The van der Waals surface area contributed by atoms with Crippen molar-refractivity contribution in [2.24, 2.45) is 0 Å². The van der Waals surface area contributed by atoms with E-state index in [9.17, 15) is 13.2 Å². The zero-order chi connectivity index (χ0) is 11.5. The third-order valence-corrected chi connectivity index (χ3v) is 2.68. The van der Waals surface area contributed by atoms with Crippen molar-refractivity contribution in [1.82, 2.24) is 5.16 Å². The number of nitrogens with zero attached hydrogens (tertiary/aromatic N) is 1. The first kappa shape index (κ1) is 12.0. The van der Waals surface area contributed by atoms with Gasteiger partial charge in [0.2, 0.25) is 5.24 Å². The van der Waals surface area contributed by atoms with Crippen LogP contribution in [0.2, 0.25) is 0 Å². The van der Waals surface area contributed by atoms with Crippen molar-refractivity contribution in [2.75, 3.05) is 5.75 Å². The molecule has 0 aliphatic carbocycles. The van der Waals surface area contributed by atoms with Crippen molar-refractivity contribution in [1.29, 1.82) is 0 Å². The highest BCUT2D eigenvalue weighted by molar-refractivity contribution is 7.87. The molecule has 0 radical (unpaired) electrons. The third-order valence-electron chi connectivity index (χ3n) is 1.42. The molecule has 1 aromatic heterocycles. The first-order valence-corrected chi connectivity index (χ1v) is 5.94. The number of aromatic nitrogens is 1. The average Bonchev–Trinajstić information content (AvgIpc) is 2.50. The maximum Gasteiger partial charge on any atom is 0.310 e.